The summed E-state index contributed by atoms with van der Waals surface area (Å²) in [6.07, 6.45) is 5.09. The smallest absolute Gasteiger partial charge is 0.254 e. The maximum Gasteiger partial charge on any atom is 0.254 e. The van der Waals surface area contributed by atoms with Crippen LogP contribution in [0.25, 0.3) is 0 Å². The van der Waals surface area contributed by atoms with Crippen LogP contribution in [0, 0.1) is 0 Å². The average molecular weight is 388 g/mol. The molecule has 0 atom stereocenters. The predicted molar refractivity (Wildman–Crippen MR) is 103 cm³/mol. The van der Waals surface area contributed by atoms with E-state index in [1.807, 2.05) is 26.1 Å². The fraction of sp³-hybridized carbons (Fsp3) is 0.368. The van der Waals surface area contributed by atoms with Crippen LogP contribution >= 0.6 is 0 Å². The molecule has 0 aliphatic carbocycles. The number of rotatable bonds is 6. The Balaban J connectivity index is 1.68. The van der Waals surface area contributed by atoms with Gasteiger partial charge in [0.25, 0.3) is 5.91 Å². The first-order chi connectivity index (χ1) is 12.9. The van der Waals surface area contributed by atoms with Gasteiger partial charge in [-0.3, -0.25) is 9.48 Å². The molecular weight excluding hydrogens is 364 g/mol. The molecule has 1 aliphatic heterocycles. The van der Waals surface area contributed by atoms with Gasteiger partial charge in [-0.1, -0.05) is 17.7 Å². The summed E-state index contributed by atoms with van der Waals surface area (Å²) in [5.74, 6) is -0.148. The Morgan fingerprint density at radius 2 is 2.11 bits per heavy atom. The van der Waals surface area contributed by atoms with Gasteiger partial charge in [0.05, 0.1) is 4.90 Å². The lowest BCUT2D eigenvalue weighted by Crippen LogP contribution is -2.34. The largest absolute Gasteiger partial charge is 0.335 e. The highest BCUT2D eigenvalue weighted by atomic mass is 32.2. The average Bonchev–Trinajstić information content (AvgIpc) is 3.07. The van der Waals surface area contributed by atoms with Crippen molar-refractivity contribution in [2.45, 2.75) is 24.7 Å². The number of nitrogens with one attached hydrogen (secondary N) is 1. The lowest BCUT2D eigenvalue weighted by atomic mass is 10.1. The first kappa shape index (κ1) is 19.3. The van der Waals surface area contributed by atoms with Crippen molar-refractivity contribution in [3.63, 3.8) is 0 Å². The molecule has 7 nitrogen and oxygen atoms in total. The zero-order chi connectivity index (χ0) is 19.4. The molecular formula is C19H24N4O3S. The molecule has 0 fully saturated rings. The summed E-state index contributed by atoms with van der Waals surface area (Å²) in [4.78, 5) is 14.5. The molecule has 0 saturated carbocycles. The van der Waals surface area contributed by atoms with E-state index in [9.17, 15) is 13.2 Å². The molecule has 2 aromatic rings. The number of sulfonamides is 1. The summed E-state index contributed by atoms with van der Waals surface area (Å²) >= 11 is 0. The van der Waals surface area contributed by atoms with Gasteiger partial charge in [-0.2, -0.15) is 5.10 Å². The van der Waals surface area contributed by atoms with Crippen molar-refractivity contribution in [1.82, 2.24) is 19.4 Å². The Labute approximate surface area is 159 Å². The zero-order valence-corrected chi connectivity index (χ0v) is 16.4. The van der Waals surface area contributed by atoms with E-state index >= 15 is 0 Å². The van der Waals surface area contributed by atoms with Crippen molar-refractivity contribution in [3.05, 3.63) is 59.4 Å². The normalized spacial score (nSPS) is 14.9. The quantitative estimate of drug-likeness (QED) is 0.764. The maximum absolute atomic E-state index is 12.7. The third-order valence-electron chi connectivity index (χ3n) is 4.71. The highest BCUT2D eigenvalue weighted by Gasteiger charge is 2.20. The Hall–Kier alpha value is -2.45. The number of nitrogens with zero attached hydrogens (tertiary/aromatic N) is 3. The third kappa shape index (κ3) is 4.64. The van der Waals surface area contributed by atoms with Crippen molar-refractivity contribution in [1.29, 1.82) is 0 Å². The van der Waals surface area contributed by atoms with Crippen molar-refractivity contribution in [2.24, 2.45) is 7.05 Å². The highest BCUT2D eigenvalue weighted by Crippen LogP contribution is 2.16. The van der Waals surface area contributed by atoms with Crippen molar-refractivity contribution in [2.75, 3.05) is 19.6 Å². The summed E-state index contributed by atoms with van der Waals surface area (Å²) in [5, 5.41) is 4.06. The number of benzene rings is 1. The molecule has 1 aliphatic rings. The first-order valence-corrected chi connectivity index (χ1v) is 10.4. The van der Waals surface area contributed by atoms with Crippen LogP contribution in [0.15, 0.2) is 53.1 Å². The monoisotopic (exact) mass is 388 g/mol. The van der Waals surface area contributed by atoms with Gasteiger partial charge >= 0.3 is 0 Å². The summed E-state index contributed by atoms with van der Waals surface area (Å²) in [6, 6.07) is 8.06. The van der Waals surface area contributed by atoms with Gasteiger partial charge in [0.15, 0.2) is 0 Å². The van der Waals surface area contributed by atoms with E-state index in [2.05, 4.69) is 9.82 Å². The maximum atomic E-state index is 12.7. The molecule has 144 valence electrons. The molecule has 3 rings (SSSR count). The van der Waals surface area contributed by atoms with E-state index in [1.165, 1.54) is 17.7 Å². The molecule has 27 heavy (non-hydrogen) atoms. The molecule has 0 bridgehead atoms. The summed E-state index contributed by atoms with van der Waals surface area (Å²) < 4.78 is 29.4. The van der Waals surface area contributed by atoms with Crippen molar-refractivity contribution < 1.29 is 13.2 Å². The van der Waals surface area contributed by atoms with E-state index in [0.717, 1.165) is 12.1 Å². The molecule has 0 spiro atoms. The fourth-order valence-corrected chi connectivity index (χ4v) is 4.05. The number of aryl methyl sites for hydroxylation is 1. The number of carbonyl (C=O) groups is 1. The highest BCUT2D eigenvalue weighted by molar-refractivity contribution is 7.89. The molecule has 1 amide bonds. The van der Waals surface area contributed by atoms with Crippen LogP contribution in [0.1, 0.15) is 29.4 Å². The number of carbonyl (C=O) groups excluding carboxylic acids is 1. The second-order valence-corrected chi connectivity index (χ2v) is 8.44. The van der Waals surface area contributed by atoms with Crippen molar-refractivity contribution >= 4 is 15.9 Å². The lowest BCUT2D eigenvalue weighted by molar-refractivity contribution is 0.0769. The van der Waals surface area contributed by atoms with Gasteiger partial charge in [0.2, 0.25) is 10.0 Å². The van der Waals surface area contributed by atoms with Gasteiger partial charge in [-0.05, 0) is 37.6 Å². The van der Waals surface area contributed by atoms with E-state index in [-0.39, 0.29) is 17.3 Å². The van der Waals surface area contributed by atoms with Crippen LogP contribution in [0.2, 0.25) is 0 Å². The second kappa shape index (κ2) is 8.06. The minimum atomic E-state index is -3.68. The van der Waals surface area contributed by atoms with Crippen LogP contribution in [-0.4, -0.2) is 48.6 Å². The summed E-state index contributed by atoms with van der Waals surface area (Å²) in [7, 11) is -1.87. The minimum Gasteiger partial charge on any atom is -0.335 e. The SMILES string of the molecule is CC1=CCN(C(=O)c2cccc(S(=O)(=O)NCCc3ccnn3C)c2)CC1. The molecule has 0 unspecified atom stereocenters. The predicted octanol–water partition coefficient (Wildman–Crippen LogP) is 1.73. The van der Waals surface area contributed by atoms with Gasteiger partial charge in [-0.25, -0.2) is 13.1 Å². The topological polar surface area (TPSA) is 84.3 Å². The van der Waals surface area contributed by atoms with Crippen molar-refractivity contribution in [3.8, 4) is 0 Å². The molecule has 1 aromatic heterocycles. The minimum absolute atomic E-state index is 0.0992. The van der Waals surface area contributed by atoms with Crippen LogP contribution in [-0.2, 0) is 23.5 Å². The second-order valence-electron chi connectivity index (χ2n) is 6.67. The van der Waals surface area contributed by atoms with Crippen LogP contribution in [0.5, 0.6) is 0 Å². The van der Waals surface area contributed by atoms with E-state index in [4.69, 9.17) is 0 Å². The van der Waals surface area contributed by atoms with Gasteiger partial charge in [-0.15, -0.1) is 0 Å². The number of hydrogen-bond donors (Lipinski definition) is 1. The van der Waals surface area contributed by atoms with Gasteiger partial charge < -0.3 is 4.90 Å². The van der Waals surface area contributed by atoms with Gasteiger partial charge in [0.1, 0.15) is 0 Å². The van der Waals surface area contributed by atoms with Crippen LogP contribution in [0.4, 0.5) is 0 Å². The van der Waals surface area contributed by atoms with Crippen LogP contribution < -0.4 is 4.72 Å². The lowest BCUT2D eigenvalue weighted by Gasteiger charge is -2.25. The Morgan fingerprint density at radius 3 is 2.78 bits per heavy atom. The van der Waals surface area contributed by atoms with Crippen LogP contribution in [0.3, 0.4) is 0 Å². The first-order valence-electron chi connectivity index (χ1n) is 8.88. The van der Waals surface area contributed by atoms with E-state index in [1.54, 1.807) is 27.9 Å². The Bertz CT molecular complexity index is 963. The summed E-state index contributed by atoms with van der Waals surface area (Å²) in [5.41, 5.74) is 2.60. The number of amides is 1. The Morgan fingerprint density at radius 1 is 1.30 bits per heavy atom. The molecule has 1 N–H and O–H groups in total. The fourth-order valence-electron chi connectivity index (χ4n) is 2.98. The molecule has 8 heteroatoms. The van der Waals surface area contributed by atoms with E-state index < -0.39 is 10.0 Å². The zero-order valence-electron chi connectivity index (χ0n) is 15.6. The number of hydrogen-bond acceptors (Lipinski definition) is 4. The molecule has 1 aromatic carbocycles. The third-order valence-corrected chi connectivity index (χ3v) is 6.17. The summed E-state index contributed by atoms with van der Waals surface area (Å²) in [6.45, 7) is 3.52. The standard InChI is InChI=1S/C19H24N4O3S/c1-15-8-12-23(13-9-15)19(24)16-4-3-5-18(14-16)27(25,26)21-11-7-17-6-10-20-22(17)2/h3-6,8,10,14,21H,7,9,11-13H2,1-2H3. The molecule has 0 saturated heterocycles. The number of aromatic nitrogens is 2. The Kier molecular flexibility index (Phi) is 5.76. The molecule has 0 radical (unpaired) electrons. The molecule has 2 heterocycles. The van der Waals surface area contributed by atoms with E-state index in [0.29, 0.717) is 25.1 Å². The van der Waals surface area contributed by atoms with Gasteiger partial charge in [0, 0.05) is 50.6 Å².